The first-order chi connectivity index (χ1) is 7.79. The van der Waals surface area contributed by atoms with Gasteiger partial charge in [0.2, 0.25) is 0 Å². The number of nitrogens with one attached hydrogen (secondary N) is 1. The lowest BCUT2D eigenvalue weighted by Crippen LogP contribution is -2.32. The number of halogens is 1. The normalized spacial score (nSPS) is 20.1. The summed E-state index contributed by atoms with van der Waals surface area (Å²) in [6, 6.07) is 8.33. The molecule has 0 bridgehead atoms. The molecule has 1 atom stereocenters. The smallest absolute Gasteiger partial charge is 0.127 e. The highest BCUT2D eigenvalue weighted by Gasteiger charge is 2.14. The van der Waals surface area contributed by atoms with Gasteiger partial charge in [-0.1, -0.05) is 34.1 Å². The molecule has 0 aromatic heterocycles. The third-order valence-corrected chi connectivity index (χ3v) is 3.15. The maximum atomic E-state index is 5.60. The van der Waals surface area contributed by atoms with E-state index >= 15 is 0 Å². The Hall–Kier alpha value is -0.800. The maximum absolute atomic E-state index is 5.60. The fourth-order valence-corrected chi connectivity index (χ4v) is 2.10. The molecule has 0 amide bonds. The van der Waals surface area contributed by atoms with Crippen LogP contribution in [0.2, 0.25) is 0 Å². The van der Waals surface area contributed by atoms with E-state index < -0.39 is 0 Å². The van der Waals surface area contributed by atoms with Gasteiger partial charge in [-0.3, -0.25) is 0 Å². The van der Waals surface area contributed by atoms with Crippen LogP contribution in [-0.2, 0) is 4.74 Å². The molecular weight excluding hydrogens is 266 g/mol. The second-order valence-electron chi connectivity index (χ2n) is 3.79. The number of hydrogen-bond donors (Lipinski definition) is 1. The zero-order valence-corrected chi connectivity index (χ0v) is 11.0. The van der Waals surface area contributed by atoms with Crippen LogP contribution in [0.25, 0.3) is 5.70 Å². The summed E-state index contributed by atoms with van der Waals surface area (Å²) in [7, 11) is 0. The highest BCUT2D eigenvalue weighted by molar-refractivity contribution is 9.10. The minimum Gasteiger partial charge on any atom is -0.360 e. The zero-order chi connectivity index (χ0) is 11.4. The molecule has 2 nitrogen and oxygen atoms in total. The molecule has 86 valence electrons. The standard InChI is InChI=1S/C13H16BrNO/c1-2-16-13-5-3-4-12(15-13)10-6-8-11(14)9-7-10/h4,6-9,13,15H,2-3,5H2,1H3. The molecule has 0 saturated carbocycles. The van der Waals surface area contributed by atoms with E-state index in [2.05, 4.69) is 51.6 Å². The Balaban J connectivity index is 2.09. The summed E-state index contributed by atoms with van der Waals surface area (Å²) in [4.78, 5) is 0. The van der Waals surface area contributed by atoms with Gasteiger partial charge in [-0.2, -0.15) is 0 Å². The van der Waals surface area contributed by atoms with Crippen molar-refractivity contribution in [2.24, 2.45) is 0 Å². The molecule has 0 radical (unpaired) electrons. The average Bonchev–Trinajstić information content (AvgIpc) is 2.31. The number of rotatable bonds is 3. The largest absolute Gasteiger partial charge is 0.360 e. The summed E-state index contributed by atoms with van der Waals surface area (Å²) < 4.78 is 6.70. The Morgan fingerprint density at radius 3 is 2.81 bits per heavy atom. The quantitative estimate of drug-likeness (QED) is 0.915. The van der Waals surface area contributed by atoms with E-state index in [1.54, 1.807) is 0 Å². The highest BCUT2D eigenvalue weighted by Crippen LogP contribution is 2.21. The van der Waals surface area contributed by atoms with Crippen LogP contribution in [0.1, 0.15) is 25.3 Å². The van der Waals surface area contributed by atoms with Gasteiger partial charge in [0.25, 0.3) is 0 Å². The van der Waals surface area contributed by atoms with Crippen LogP contribution < -0.4 is 5.32 Å². The molecule has 2 rings (SSSR count). The van der Waals surface area contributed by atoms with E-state index in [0.717, 1.165) is 23.9 Å². The summed E-state index contributed by atoms with van der Waals surface area (Å²) in [5.74, 6) is 0. The average molecular weight is 282 g/mol. The number of benzene rings is 1. The van der Waals surface area contributed by atoms with Crippen LogP contribution >= 0.6 is 15.9 Å². The molecule has 16 heavy (non-hydrogen) atoms. The van der Waals surface area contributed by atoms with Crippen molar-refractivity contribution in [3.05, 3.63) is 40.4 Å². The van der Waals surface area contributed by atoms with E-state index in [-0.39, 0.29) is 6.23 Å². The van der Waals surface area contributed by atoms with E-state index in [4.69, 9.17) is 4.74 Å². The topological polar surface area (TPSA) is 21.3 Å². The molecule has 3 heteroatoms. The fourth-order valence-electron chi connectivity index (χ4n) is 1.84. The fraction of sp³-hybridized carbons (Fsp3) is 0.385. The van der Waals surface area contributed by atoms with Gasteiger partial charge in [-0.15, -0.1) is 0 Å². The Kier molecular flexibility index (Phi) is 4.02. The first-order valence-electron chi connectivity index (χ1n) is 5.64. The molecule has 1 N–H and O–H groups in total. The SMILES string of the molecule is CCOC1CCC=C(c2ccc(Br)cc2)N1. The molecule has 1 aliphatic heterocycles. The predicted octanol–water partition coefficient (Wildman–Crippen LogP) is 3.54. The van der Waals surface area contributed by atoms with Crippen LogP contribution in [0.15, 0.2) is 34.8 Å². The van der Waals surface area contributed by atoms with Crippen LogP contribution in [0, 0.1) is 0 Å². The summed E-state index contributed by atoms with van der Waals surface area (Å²) in [5.41, 5.74) is 2.39. The van der Waals surface area contributed by atoms with Gasteiger partial charge in [0, 0.05) is 16.8 Å². The summed E-state index contributed by atoms with van der Waals surface area (Å²) in [5, 5.41) is 3.41. The molecule has 1 aromatic carbocycles. The first kappa shape index (κ1) is 11.7. The van der Waals surface area contributed by atoms with Gasteiger partial charge in [0.1, 0.15) is 6.23 Å². The van der Waals surface area contributed by atoms with Crippen molar-refractivity contribution in [3.63, 3.8) is 0 Å². The summed E-state index contributed by atoms with van der Waals surface area (Å²) in [6.07, 6.45) is 4.52. The van der Waals surface area contributed by atoms with Gasteiger partial charge in [0.05, 0.1) is 0 Å². The number of allylic oxidation sites excluding steroid dienone is 1. The van der Waals surface area contributed by atoms with Crippen molar-refractivity contribution in [1.29, 1.82) is 0 Å². The molecule has 1 unspecified atom stereocenters. The van der Waals surface area contributed by atoms with E-state index in [1.807, 2.05) is 6.92 Å². The van der Waals surface area contributed by atoms with Crippen molar-refractivity contribution in [3.8, 4) is 0 Å². The second-order valence-corrected chi connectivity index (χ2v) is 4.71. The lowest BCUT2D eigenvalue weighted by atomic mass is 10.1. The molecule has 0 aliphatic carbocycles. The lowest BCUT2D eigenvalue weighted by molar-refractivity contribution is 0.0424. The monoisotopic (exact) mass is 281 g/mol. The Morgan fingerprint density at radius 1 is 1.38 bits per heavy atom. The molecule has 0 spiro atoms. The third kappa shape index (κ3) is 2.86. The minimum atomic E-state index is 0.161. The van der Waals surface area contributed by atoms with Crippen molar-refractivity contribution in [2.75, 3.05) is 6.61 Å². The van der Waals surface area contributed by atoms with Crippen molar-refractivity contribution in [1.82, 2.24) is 5.32 Å². The highest BCUT2D eigenvalue weighted by atomic mass is 79.9. The maximum Gasteiger partial charge on any atom is 0.127 e. The number of ether oxygens (including phenoxy) is 1. The van der Waals surface area contributed by atoms with Crippen LogP contribution in [-0.4, -0.2) is 12.8 Å². The van der Waals surface area contributed by atoms with Gasteiger partial charge in [0.15, 0.2) is 0 Å². The third-order valence-electron chi connectivity index (χ3n) is 2.62. The van der Waals surface area contributed by atoms with Gasteiger partial charge in [-0.05, 0) is 37.5 Å². The van der Waals surface area contributed by atoms with E-state index in [0.29, 0.717) is 0 Å². The molecule has 1 aromatic rings. The molecule has 1 heterocycles. The van der Waals surface area contributed by atoms with E-state index in [9.17, 15) is 0 Å². The van der Waals surface area contributed by atoms with Crippen LogP contribution in [0.3, 0.4) is 0 Å². The van der Waals surface area contributed by atoms with Crippen molar-refractivity contribution in [2.45, 2.75) is 26.0 Å². The molecule has 0 saturated heterocycles. The number of hydrogen-bond acceptors (Lipinski definition) is 2. The Morgan fingerprint density at radius 2 is 2.12 bits per heavy atom. The minimum absolute atomic E-state index is 0.161. The van der Waals surface area contributed by atoms with Crippen LogP contribution in [0.5, 0.6) is 0 Å². The van der Waals surface area contributed by atoms with Crippen molar-refractivity contribution < 1.29 is 4.74 Å². The zero-order valence-electron chi connectivity index (χ0n) is 9.37. The predicted molar refractivity (Wildman–Crippen MR) is 69.9 cm³/mol. The summed E-state index contributed by atoms with van der Waals surface area (Å²) in [6.45, 7) is 2.78. The van der Waals surface area contributed by atoms with Crippen LogP contribution in [0.4, 0.5) is 0 Å². The summed E-state index contributed by atoms with van der Waals surface area (Å²) >= 11 is 3.44. The molecule has 0 fully saturated rings. The van der Waals surface area contributed by atoms with Crippen molar-refractivity contribution >= 4 is 21.6 Å². The van der Waals surface area contributed by atoms with Gasteiger partial charge < -0.3 is 10.1 Å². The molecular formula is C13H16BrNO. The second kappa shape index (κ2) is 5.51. The Labute approximate surface area is 105 Å². The van der Waals surface area contributed by atoms with Gasteiger partial charge >= 0.3 is 0 Å². The Bertz CT molecular complexity index is 372. The lowest BCUT2D eigenvalue weighted by Gasteiger charge is -2.25. The molecule has 1 aliphatic rings. The first-order valence-corrected chi connectivity index (χ1v) is 6.43. The van der Waals surface area contributed by atoms with Gasteiger partial charge in [-0.25, -0.2) is 0 Å². The van der Waals surface area contributed by atoms with E-state index in [1.165, 1.54) is 11.3 Å².